The normalized spacial score (nSPS) is 17.9. The second kappa shape index (κ2) is 10.4. The molecular formula is C26H29F4N3O2. The molecule has 2 aromatic carbocycles. The Bertz CT molecular complexity index is 1090. The third kappa shape index (κ3) is 5.51. The monoisotopic (exact) mass is 491 g/mol. The highest BCUT2D eigenvalue weighted by atomic mass is 19.3. The largest absolute Gasteiger partial charge is 0.379 e. The molecule has 0 spiro atoms. The number of carbonyl (C=O) groups excluding carboxylic acids is 1. The van der Waals surface area contributed by atoms with Crippen LogP contribution in [-0.2, 0) is 10.7 Å². The van der Waals surface area contributed by atoms with Gasteiger partial charge in [0.1, 0.15) is 11.6 Å². The standard InChI is InChI=1S/C26H29F4N3O2/c1-17-15-20(4-6-23(17)27)31-25(34)19-3-5-24(28)22(16-19)26(29,30)18(2)32-9-7-21(8-10-32)33-11-13-35-14-12-33/h3-6,15-16,21H,2,7-14H2,1H3,(H,31,34). The Kier molecular flexibility index (Phi) is 7.47. The van der Waals surface area contributed by atoms with E-state index in [0.29, 0.717) is 56.4 Å². The molecular weight excluding hydrogens is 462 g/mol. The maximum absolute atomic E-state index is 15.4. The molecule has 35 heavy (non-hydrogen) atoms. The fraction of sp³-hybridized carbons (Fsp3) is 0.423. The van der Waals surface area contributed by atoms with Gasteiger partial charge in [0.05, 0.1) is 24.5 Å². The van der Waals surface area contributed by atoms with Crippen molar-refractivity contribution in [3.8, 4) is 0 Å². The highest BCUT2D eigenvalue weighted by Gasteiger charge is 2.42. The summed E-state index contributed by atoms with van der Waals surface area (Å²) in [6, 6.07) is 7.13. The number of benzene rings is 2. The zero-order valence-corrected chi connectivity index (χ0v) is 19.6. The lowest BCUT2D eigenvalue weighted by Crippen LogP contribution is -2.49. The minimum atomic E-state index is -3.70. The maximum atomic E-state index is 15.4. The third-order valence-corrected chi connectivity index (χ3v) is 6.75. The molecule has 2 saturated heterocycles. The number of rotatable bonds is 6. The molecule has 4 rings (SSSR count). The number of nitrogens with one attached hydrogen (secondary N) is 1. The lowest BCUT2D eigenvalue weighted by molar-refractivity contribution is -0.0182. The van der Waals surface area contributed by atoms with Crippen LogP contribution in [0.4, 0.5) is 23.2 Å². The number of likely N-dealkylation sites (tertiary alicyclic amines) is 1. The summed E-state index contributed by atoms with van der Waals surface area (Å²) in [4.78, 5) is 16.5. The molecule has 5 nitrogen and oxygen atoms in total. The second-order valence-corrected chi connectivity index (χ2v) is 9.00. The van der Waals surface area contributed by atoms with Crippen LogP contribution in [-0.4, -0.2) is 61.1 Å². The maximum Gasteiger partial charge on any atom is 0.314 e. The van der Waals surface area contributed by atoms with E-state index in [4.69, 9.17) is 4.74 Å². The van der Waals surface area contributed by atoms with Crippen LogP contribution in [0.1, 0.15) is 34.3 Å². The fourth-order valence-electron chi connectivity index (χ4n) is 4.63. The molecule has 1 N–H and O–H groups in total. The Morgan fingerprint density at radius 1 is 1.03 bits per heavy atom. The van der Waals surface area contributed by atoms with Crippen LogP contribution in [0.2, 0.25) is 0 Å². The Morgan fingerprint density at radius 2 is 1.69 bits per heavy atom. The summed E-state index contributed by atoms with van der Waals surface area (Å²) < 4.78 is 64.3. The average molecular weight is 492 g/mol. The summed E-state index contributed by atoms with van der Waals surface area (Å²) in [7, 11) is 0. The number of hydrogen-bond acceptors (Lipinski definition) is 4. The van der Waals surface area contributed by atoms with Crippen molar-refractivity contribution in [1.82, 2.24) is 9.80 Å². The highest BCUT2D eigenvalue weighted by molar-refractivity contribution is 6.04. The molecule has 188 valence electrons. The van der Waals surface area contributed by atoms with Gasteiger partial charge in [-0.25, -0.2) is 8.78 Å². The molecule has 0 unspecified atom stereocenters. The molecule has 2 aliphatic heterocycles. The number of aryl methyl sites for hydroxylation is 1. The van der Waals surface area contributed by atoms with E-state index in [2.05, 4.69) is 16.8 Å². The summed E-state index contributed by atoms with van der Waals surface area (Å²) >= 11 is 0. The summed E-state index contributed by atoms with van der Waals surface area (Å²) in [6.45, 7) is 8.94. The zero-order valence-electron chi connectivity index (χ0n) is 19.6. The molecule has 9 heteroatoms. The Labute approximate surface area is 202 Å². The number of carbonyl (C=O) groups is 1. The molecule has 2 aromatic rings. The number of amides is 1. The van der Waals surface area contributed by atoms with Crippen LogP contribution < -0.4 is 5.32 Å². The molecule has 0 bridgehead atoms. The number of hydrogen-bond donors (Lipinski definition) is 1. The van der Waals surface area contributed by atoms with Crippen molar-refractivity contribution in [1.29, 1.82) is 0 Å². The van der Waals surface area contributed by atoms with Gasteiger partial charge >= 0.3 is 5.92 Å². The van der Waals surface area contributed by atoms with E-state index in [1.807, 2.05) is 0 Å². The van der Waals surface area contributed by atoms with Crippen LogP contribution in [0.15, 0.2) is 48.7 Å². The molecule has 1 amide bonds. The van der Waals surface area contributed by atoms with Gasteiger partial charge in [0.2, 0.25) is 0 Å². The van der Waals surface area contributed by atoms with E-state index in [1.54, 1.807) is 0 Å². The smallest absolute Gasteiger partial charge is 0.314 e. The first kappa shape index (κ1) is 25.2. The van der Waals surface area contributed by atoms with Gasteiger partial charge in [-0.15, -0.1) is 0 Å². The highest BCUT2D eigenvalue weighted by Crippen LogP contribution is 2.39. The van der Waals surface area contributed by atoms with Crippen molar-refractivity contribution in [3.63, 3.8) is 0 Å². The number of allylic oxidation sites excluding steroid dienone is 1. The van der Waals surface area contributed by atoms with E-state index in [9.17, 15) is 13.6 Å². The Hall–Kier alpha value is -2.91. The van der Waals surface area contributed by atoms with Gasteiger partial charge in [0.15, 0.2) is 0 Å². The predicted octanol–water partition coefficient (Wildman–Crippen LogP) is 4.93. The molecule has 2 fully saturated rings. The average Bonchev–Trinajstić information content (AvgIpc) is 2.86. The van der Waals surface area contributed by atoms with Crippen LogP contribution in [0.5, 0.6) is 0 Å². The van der Waals surface area contributed by atoms with Gasteiger partial charge in [-0.3, -0.25) is 9.69 Å². The Morgan fingerprint density at radius 3 is 2.34 bits per heavy atom. The summed E-state index contributed by atoms with van der Waals surface area (Å²) in [5, 5.41) is 2.53. The number of piperidine rings is 1. The molecule has 0 atom stereocenters. The lowest BCUT2D eigenvalue weighted by atomic mass is 9.98. The van der Waals surface area contributed by atoms with Crippen LogP contribution >= 0.6 is 0 Å². The van der Waals surface area contributed by atoms with Gasteiger partial charge in [-0.05, 0) is 61.7 Å². The number of halogens is 4. The molecule has 0 aliphatic carbocycles. The van der Waals surface area contributed by atoms with Gasteiger partial charge in [-0.1, -0.05) is 6.58 Å². The van der Waals surface area contributed by atoms with Crippen molar-refractivity contribution >= 4 is 11.6 Å². The van der Waals surface area contributed by atoms with Crippen LogP contribution in [0.25, 0.3) is 0 Å². The topological polar surface area (TPSA) is 44.8 Å². The van der Waals surface area contributed by atoms with Gasteiger partial charge in [0, 0.05) is 43.5 Å². The number of alkyl halides is 2. The first-order valence-electron chi connectivity index (χ1n) is 11.7. The summed E-state index contributed by atoms with van der Waals surface area (Å²) in [5.41, 5.74) is -0.895. The van der Waals surface area contributed by atoms with Gasteiger partial charge in [-0.2, -0.15) is 8.78 Å². The van der Waals surface area contributed by atoms with Gasteiger partial charge < -0.3 is 15.0 Å². The van der Waals surface area contributed by atoms with Crippen molar-refractivity contribution in [2.45, 2.75) is 31.7 Å². The first-order valence-corrected chi connectivity index (χ1v) is 11.7. The van der Waals surface area contributed by atoms with E-state index in [0.717, 1.165) is 31.3 Å². The molecule has 0 radical (unpaired) electrons. The minimum absolute atomic E-state index is 0.137. The molecule has 2 heterocycles. The number of morpholine rings is 1. The first-order chi connectivity index (χ1) is 16.7. The molecule has 2 aliphatic rings. The SMILES string of the molecule is C=C(N1CCC(N2CCOCC2)CC1)C(F)(F)c1cc(C(=O)Nc2ccc(F)c(C)c2)ccc1F. The minimum Gasteiger partial charge on any atom is -0.379 e. The van der Waals surface area contributed by atoms with E-state index in [1.165, 1.54) is 30.0 Å². The van der Waals surface area contributed by atoms with Crippen molar-refractivity contribution in [2.75, 3.05) is 44.7 Å². The quantitative estimate of drug-likeness (QED) is 0.583. The number of anilines is 1. The lowest BCUT2D eigenvalue weighted by Gasteiger charge is -2.42. The van der Waals surface area contributed by atoms with E-state index < -0.39 is 34.7 Å². The second-order valence-electron chi connectivity index (χ2n) is 9.00. The van der Waals surface area contributed by atoms with E-state index >= 15 is 8.78 Å². The van der Waals surface area contributed by atoms with E-state index in [-0.39, 0.29) is 5.56 Å². The number of ether oxygens (including phenoxy) is 1. The zero-order chi connectivity index (χ0) is 25.2. The third-order valence-electron chi connectivity index (χ3n) is 6.75. The van der Waals surface area contributed by atoms with Crippen LogP contribution in [0, 0.1) is 18.6 Å². The molecule has 0 saturated carbocycles. The van der Waals surface area contributed by atoms with Crippen molar-refractivity contribution in [3.05, 3.63) is 77.0 Å². The number of nitrogens with zero attached hydrogens (tertiary/aromatic N) is 2. The van der Waals surface area contributed by atoms with Crippen molar-refractivity contribution < 1.29 is 27.1 Å². The van der Waals surface area contributed by atoms with Crippen molar-refractivity contribution in [2.24, 2.45) is 0 Å². The Balaban J connectivity index is 1.46. The molecule has 0 aromatic heterocycles. The fourth-order valence-corrected chi connectivity index (χ4v) is 4.63. The van der Waals surface area contributed by atoms with Gasteiger partial charge in [0.25, 0.3) is 5.91 Å². The summed E-state index contributed by atoms with van der Waals surface area (Å²) in [6.07, 6.45) is 1.41. The van der Waals surface area contributed by atoms with Crippen LogP contribution in [0.3, 0.4) is 0 Å². The summed E-state index contributed by atoms with van der Waals surface area (Å²) in [5.74, 6) is -5.95. The predicted molar refractivity (Wildman–Crippen MR) is 126 cm³/mol.